The average molecular weight is 392 g/mol. The molecule has 4 aliphatic rings. The largest absolute Gasteiger partial charge is 0.497 e. The van der Waals surface area contributed by atoms with Crippen LogP contribution in [0.25, 0.3) is 10.9 Å². The van der Waals surface area contributed by atoms with Crippen molar-refractivity contribution < 1.29 is 14.3 Å². The summed E-state index contributed by atoms with van der Waals surface area (Å²) in [4.78, 5) is 19.7. The minimum atomic E-state index is -0.283. The van der Waals surface area contributed by atoms with Crippen LogP contribution in [0, 0.1) is 17.8 Å². The first-order valence-electron chi connectivity index (χ1n) is 10.7. The van der Waals surface area contributed by atoms with Gasteiger partial charge in [-0.1, -0.05) is 6.08 Å². The zero-order chi connectivity index (χ0) is 20.0. The van der Waals surface area contributed by atoms with E-state index in [9.17, 15) is 4.79 Å². The van der Waals surface area contributed by atoms with Crippen molar-refractivity contribution in [1.82, 2.24) is 9.88 Å². The fourth-order valence-corrected chi connectivity index (χ4v) is 5.10. The molecule has 1 aromatic carbocycles. The van der Waals surface area contributed by atoms with Crippen LogP contribution < -0.4 is 4.74 Å². The zero-order valence-corrected chi connectivity index (χ0v) is 16.9. The van der Waals surface area contributed by atoms with Crippen LogP contribution in [0.4, 0.5) is 0 Å². The Morgan fingerprint density at radius 2 is 2.17 bits per heavy atom. The Bertz CT molecular complexity index is 939. The predicted octanol–water partition coefficient (Wildman–Crippen LogP) is 4.13. The number of fused-ring (bicyclic) bond motifs is 4. The number of methoxy groups -OCH3 is 1. The molecule has 0 N–H and O–H groups in total. The van der Waals surface area contributed by atoms with Gasteiger partial charge in [-0.3, -0.25) is 14.7 Å². The molecule has 2 aromatic rings. The fraction of sp³-hybridized carbons (Fsp3) is 0.500. The maximum absolute atomic E-state index is 12.7. The number of hydrogen-bond donors (Lipinski definition) is 0. The predicted molar refractivity (Wildman–Crippen MR) is 112 cm³/mol. The lowest BCUT2D eigenvalue weighted by Crippen LogP contribution is -2.55. The second-order valence-corrected chi connectivity index (χ2v) is 8.66. The lowest BCUT2D eigenvalue weighted by molar-refractivity contribution is -0.158. The van der Waals surface area contributed by atoms with Crippen molar-refractivity contribution in [2.24, 2.45) is 17.8 Å². The van der Waals surface area contributed by atoms with Crippen molar-refractivity contribution in [1.29, 1.82) is 0 Å². The monoisotopic (exact) mass is 392 g/mol. The number of ether oxygens (including phenoxy) is 2. The molecule has 29 heavy (non-hydrogen) atoms. The molecule has 4 fully saturated rings. The Balaban J connectivity index is 1.55. The summed E-state index contributed by atoms with van der Waals surface area (Å²) < 4.78 is 11.7. The number of nitrogens with zero attached hydrogens (tertiary/aromatic N) is 2. The molecule has 5 atom stereocenters. The molecule has 3 saturated heterocycles. The van der Waals surface area contributed by atoms with Crippen LogP contribution in [-0.4, -0.2) is 42.1 Å². The van der Waals surface area contributed by atoms with E-state index in [1.165, 1.54) is 6.42 Å². The molecule has 1 saturated carbocycles. The molecule has 0 amide bonds. The van der Waals surface area contributed by atoms with E-state index < -0.39 is 0 Å². The summed E-state index contributed by atoms with van der Waals surface area (Å²) >= 11 is 0. The Hall–Kier alpha value is -2.40. The maximum Gasteiger partial charge on any atom is 0.309 e. The van der Waals surface area contributed by atoms with Gasteiger partial charge >= 0.3 is 5.97 Å². The van der Waals surface area contributed by atoms with E-state index in [1.54, 1.807) is 7.11 Å². The lowest BCUT2D eigenvalue weighted by Gasteiger charge is -2.51. The number of esters is 1. The van der Waals surface area contributed by atoms with Crippen LogP contribution in [0.2, 0.25) is 0 Å². The van der Waals surface area contributed by atoms with Crippen LogP contribution in [0.1, 0.15) is 37.4 Å². The quantitative estimate of drug-likeness (QED) is 0.546. The molecule has 152 valence electrons. The van der Waals surface area contributed by atoms with Gasteiger partial charge in [-0.15, -0.1) is 6.58 Å². The number of rotatable bonds is 6. The van der Waals surface area contributed by atoms with E-state index in [2.05, 4.69) is 22.5 Å². The first-order chi connectivity index (χ1) is 14.2. The molecule has 1 unspecified atom stereocenters. The molecule has 2 bridgehead atoms. The molecule has 3 aliphatic heterocycles. The third kappa shape index (κ3) is 3.42. The summed E-state index contributed by atoms with van der Waals surface area (Å²) in [6.07, 6.45) is 7.77. The summed E-state index contributed by atoms with van der Waals surface area (Å²) in [6, 6.07) is 8.12. The Morgan fingerprint density at radius 3 is 2.86 bits per heavy atom. The molecule has 1 aromatic heterocycles. The molecular weight excluding hydrogens is 364 g/mol. The SMILES string of the molecule is C=C[C@@H]1CN2CC[C@H]1C[C@@H]2[C@@H](OC(=O)C1CC1)c1ccnc2ccc(OC)cc12. The van der Waals surface area contributed by atoms with Gasteiger partial charge in [0.15, 0.2) is 0 Å². The third-order valence-corrected chi connectivity index (χ3v) is 6.95. The van der Waals surface area contributed by atoms with Crippen molar-refractivity contribution in [2.75, 3.05) is 20.2 Å². The van der Waals surface area contributed by atoms with Gasteiger partial charge in [-0.05, 0) is 68.3 Å². The highest BCUT2D eigenvalue weighted by Gasteiger charge is 2.45. The third-order valence-electron chi connectivity index (χ3n) is 6.95. The van der Waals surface area contributed by atoms with E-state index in [1.807, 2.05) is 30.5 Å². The van der Waals surface area contributed by atoms with Gasteiger partial charge in [0.1, 0.15) is 11.9 Å². The molecule has 0 radical (unpaired) electrons. The van der Waals surface area contributed by atoms with Gasteiger partial charge in [0, 0.05) is 23.7 Å². The van der Waals surface area contributed by atoms with E-state index in [-0.39, 0.29) is 24.0 Å². The van der Waals surface area contributed by atoms with Gasteiger partial charge in [0.2, 0.25) is 0 Å². The topological polar surface area (TPSA) is 51.7 Å². The van der Waals surface area contributed by atoms with Crippen LogP contribution >= 0.6 is 0 Å². The van der Waals surface area contributed by atoms with Crippen LogP contribution in [0.3, 0.4) is 0 Å². The summed E-state index contributed by atoms with van der Waals surface area (Å²) in [5, 5.41) is 1.00. The average Bonchev–Trinajstić information content (AvgIpc) is 3.62. The van der Waals surface area contributed by atoms with E-state index in [0.717, 1.165) is 54.6 Å². The summed E-state index contributed by atoms with van der Waals surface area (Å²) in [7, 11) is 1.67. The molecule has 6 rings (SSSR count). The molecule has 1 aliphatic carbocycles. The normalized spacial score (nSPS) is 29.4. The van der Waals surface area contributed by atoms with Crippen molar-refractivity contribution >= 4 is 16.9 Å². The van der Waals surface area contributed by atoms with Gasteiger partial charge in [0.25, 0.3) is 0 Å². The first-order valence-corrected chi connectivity index (χ1v) is 10.7. The summed E-state index contributed by atoms with van der Waals surface area (Å²) in [6.45, 7) is 6.10. The number of carbonyl (C=O) groups is 1. The second kappa shape index (κ2) is 7.45. The smallest absolute Gasteiger partial charge is 0.309 e. The van der Waals surface area contributed by atoms with Crippen LogP contribution in [0.5, 0.6) is 5.75 Å². The highest BCUT2D eigenvalue weighted by atomic mass is 16.5. The molecule has 5 heteroatoms. The van der Waals surface area contributed by atoms with Gasteiger partial charge < -0.3 is 9.47 Å². The number of piperidine rings is 3. The number of hydrogen-bond acceptors (Lipinski definition) is 5. The highest BCUT2D eigenvalue weighted by molar-refractivity contribution is 5.84. The minimum Gasteiger partial charge on any atom is -0.497 e. The standard InChI is InChI=1S/C24H28N2O3/c1-3-15-14-26-11-9-17(15)12-22(26)23(29-24(27)16-4-5-16)19-8-10-25-21-7-6-18(28-2)13-20(19)21/h3,6-8,10,13,15-17,22-23H,1,4-5,9,11-12,14H2,2H3/t15-,17+,22-,23+/m1/s1. The fourth-order valence-electron chi connectivity index (χ4n) is 5.10. The molecule has 0 spiro atoms. The summed E-state index contributed by atoms with van der Waals surface area (Å²) in [5.74, 6) is 1.97. The van der Waals surface area contributed by atoms with Gasteiger partial charge in [0.05, 0.1) is 24.6 Å². The Morgan fingerprint density at radius 1 is 1.31 bits per heavy atom. The van der Waals surface area contributed by atoms with Crippen molar-refractivity contribution in [2.45, 2.75) is 37.8 Å². The molecule has 5 nitrogen and oxygen atoms in total. The first kappa shape index (κ1) is 18.6. The van der Waals surface area contributed by atoms with Crippen LogP contribution in [0.15, 0.2) is 43.1 Å². The van der Waals surface area contributed by atoms with Gasteiger partial charge in [-0.2, -0.15) is 0 Å². The minimum absolute atomic E-state index is 0.0502. The molecular formula is C24H28N2O3. The van der Waals surface area contributed by atoms with Crippen molar-refractivity contribution in [3.63, 3.8) is 0 Å². The van der Waals surface area contributed by atoms with E-state index in [4.69, 9.17) is 9.47 Å². The summed E-state index contributed by atoms with van der Waals surface area (Å²) in [5.41, 5.74) is 1.94. The highest BCUT2D eigenvalue weighted by Crippen LogP contribution is 2.44. The maximum atomic E-state index is 12.7. The second-order valence-electron chi connectivity index (χ2n) is 8.66. The van der Waals surface area contributed by atoms with Crippen molar-refractivity contribution in [3.05, 3.63) is 48.7 Å². The number of aromatic nitrogens is 1. The van der Waals surface area contributed by atoms with E-state index >= 15 is 0 Å². The lowest BCUT2D eigenvalue weighted by atomic mass is 9.73. The Labute approximate surface area is 171 Å². The Kier molecular flexibility index (Phi) is 4.78. The van der Waals surface area contributed by atoms with Gasteiger partial charge in [-0.25, -0.2) is 0 Å². The molecule has 4 heterocycles. The number of benzene rings is 1. The number of carbonyl (C=O) groups excluding carboxylic acids is 1. The number of pyridine rings is 1. The van der Waals surface area contributed by atoms with Crippen LogP contribution in [-0.2, 0) is 9.53 Å². The van der Waals surface area contributed by atoms with Crippen molar-refractivity contribution in [3.8, 4) is 5.75 Å². The zero-order valence-electron chi connectivity index (χ0n) is 16.9. The van der Waals surface area contributed by atoms with E-state index in [0.29, 0.717) is 11.8 Å².